The van der Waals surface area contributed by atoms with Crippen molar-refractivity contribution in [3.63, 3.8) is 0 Å². The maximum atomic E-state index is 13.3. The van der Waals surface area contributed by atoms with Crippen LogP contribution >= 0.6 is 12.2 Å². The zero-order valence-electron chi connectivity index (χ0n) is 10.9. The summed E-state index contributed by atoms with van der Waals surface area (Å²) < 4.78 is 20.8. The van der Waals surface area contributed by atoms with Crippen molar-refractivity contribution in [3.05, 3.63) is 58.6 Å². The van der Waals surface area contributed by atoms with Crippen molar-refractivity contribution in [1.29, 1.82) is 0 Å². The van der Waals surface area contributed by atoms with Crippen LogP contribution < -0.4 is 0 Å². The number of halogens is 1. The first-order chi connectivity index (χ1) is 9.69. The third kappa shape index (κ3) is 2.26. The summed E-state index contributed by atoms with van der Waals surface area (Å²) >= 11 is 5.34. The first kappa shape index (κ1) is 13.0. The molecule has 1 heterocycles. The van der Waals surface area contributed by atoms with Crippen molar-refractivity contribution in [2.75, 3.05) is 7.11 Å². The minimum Gasteiger partial charge on any atom is -0.380 e. The number of aromatic amines is 1. The Hall–Kier alpha value is -1.98. The Morgan fingerprint density at radius 2 is 2.10 bits per heavy atom. The van der Waals surface area contributed by atoms with E-state index in [2.05, 4.69) is 4.98 Å². The first-order valence-electron chi connectivity index (χ1n) is 6.17. The van der Waals surface area contributed by atoms with Crippen molar-refractivity contribution in [2.24, 2.45) is 0 Å². The molecule has 0 aliphatic carbocycles. The van der Waals surface area contributed by atoms with Crippen LogP contribution in [0.4, 0.5) is 4.39 Å². The molecule has 0 aliphatic rings. The van der Waals surface area contributed by atoms with E-state index < -0.39 is 0 Å². The highest BCUT2D eigenvalue weighted by molar-refractivity contribution is 7.71. The molecular weight excluding hydrogens is 275 g/mol. The minimum atomic E-state index is -0.283. The van der Waals surface area contributed by atoms with Gasteiger partial charge in [0.15, 0.2) is 4.77 Å². The lowest BCUT2D eigenvalue weighted by Gasteiger charge is -2.07. The molecule has 5 heteroatoms. The maximum absolute atomic E-state index is 13.3. The highest BCUT2D eigenvalue weighted by Crippen LogP contribution is 2.21. The van der Waals surface area contributed by atoms with Crippen LogP contribution in [0.25, 0.3) is 16.7 Å². The van der Waals surface area contributed by atoms with Gasteiger partial charge in [-0.15, -0.1) is 0 Å². The Bertz CT molecular complexity index is 822. The molecule has 3 rings (SSSR count). The predicted octanol–water partition coefficient (Wildman–Crippen LogP) is 3.97. The lowest BCUT2D eigenvalue weighted by molar-refractivity contribution is 0.185. The number of benzene rings is 2. The monoisotopic (exact) mass is 288 g/mol. The van der Waals surface area contributed by atoms with Gasteiger partial charge in [0, 0.05) is 12.8 Å². The van der Waals surface area contributed by atoms with Crippen LogP contribution in [0.1, 0.15) is 5.56 Å². The molecule has 0 saturated carbocycles. The van der Waals surface area contributed by atoms with E-state index in [1.165, 1.54) is 12.1 Å². The molecule has 3 nitrogen and oxygen atoms in total. The number of imidazole rings is 1. The summed E-state index contributed by atoms with van der Waals surface area (Å²) in [5.41, 5.74) is 3.53. The lowest BCUT2D eigenvalue weighted by Crippen LogP contribution is -1.96. The Balaban J connectivity index is 2.21. The predicted molar refractivity (Wildman–Crippen MR) is 79.1 cm³/mol. The van der Waals surface area contributed by atoms with Crippen LogP contribution in [-0.2, 0) is 11.3 Å². The number of nitrogens with zero attached hydrogens (tertiary/aromatic N) is 1. The number of H-pyrrole nitrogens is 1. The van der Waals surface area contributed by atoms with Crippen LogP contribution in [0.15, 0.2) is 42.5 Å². The average molecular weight is 288 g/mol. The number of ether oxygens (including phenoxy) is 1. The van der Waals surface area contributed by atoms with Gasteiger partial charge in [-0.3, -0.25) is 4.57 Å². The SMILES string of the molecule is COCc1cccc(-n2c(=S)[nH]c3cc(F)ccc32)c1. The third-order valence-electron chi connectivity index (χ3n) is 3.12. The van der Waals surface area contributed by atoms with Crippen LogP contribution in [0.5, 0.6) is 0 Å². The molecule has 1 N–H and O–H groups in total. The van der Waals surface area contributed by atoms with Gasteiger partial charge < -0.3 is 9.72 Å². The largest absolute Gasteiger partial charge is 0.380 e. The van der Waals surface area contributed by atoms with Gasteiger partial charge in [-0.25, -0.2) is 4.39 Å². The van der Waals surface area contributed by atoms with Gasteiger partial charge in [-0.05, 0) is 48.1 Å². The van der Waals surface area contributed by atoms with Crippen molar-refractivity contribution in [2.45, 2.75) is 6.61 Å². The summed E-state index contributed by atoms with van der Waals surface area (Å²) in [7, 11) is 1.66. The number of methoxy groups -OCH3 is 1. The number of hydrogen-bond donors (Lipinski definition) is 1. The Kier molecular flexibility index (Phi) is 3.38. The van der Waals surface area contributed by atoms with E-state index in [0.717, 1.165) is 16.8 Å². The lowest BCUT2D eigenvalue weighted by atomic mass is 10.2. The highest BCUT2D eigenvalue weighted by atomic mass is 32.1. The molecule has 102 valence electrons. The summed E-state index contributed by atoms with van der Waals surface area (Å²) in [6.07, 6.45) is 0. The van der Waals surface area contributed by atoms with E-state index in [1.54, 1.807) is 13.2 Å². The number of fused-ring (bicyclic) bond motifs is 1. The number of hydrogen-bond acceptors (Lipinski definition) is 2. The van der Waals surface area contributed by atoms with Crippen molar-refractivity contribution in [1.82, 2.24) is 9.55 Å². The quantitative estimate of drug-likeness (QED) is 0.739. The second kappa shape index (κ2) is 5.19. The van der Waals surface area contributed by atoms with Gasteiger partial charge in [0.05, 0.1) is 17.6 Å². The van der Waals surface area contributed by atoms with Gasteiger partial charge in [0.1, 0.15) is 5.82 Å². The molecule has 0 amide bonds. The summed E-state index contributed by atoms with van der Waals surface area (Å²) in [5, 5.41) is 0. The second-order valence-corrected chi connectivity index (χ2v) is 4.92. The fraction of sp³-hybridized carbons (Fsp3) is 0.133. The molecule has 0 atom stereocenters. The Morgan fingerprint density at radius 3 is 2.90 bits per heavy atom. The maximum Gasteiger partial charge on any atom is 0.182 e. The van der Waals surface area contributed by atoms with Crippen LogP contribution in [-0.4, -0.2) is 16.7 Å². The summed E-state index contributed by atoms with van der Waals surface area (Å²) in [6, 6.07) is 12.5. The van der Waals surface area contributed by atoms with E-state index in [1.807, 2.05) is 28.8 Å². The molecule has 0 spiro atoms. The van der Waals surface area contributed by atoms with Gasteiger partial charge in [0.25, 0.3) is 0 Å². The molecule has 0 aliphatic heterocycles. The summed E-state index contributed by atoms with van der Waals surface area (Å²) in [5.74, 6) is -0.283. The molecule has 1 aromatic heterocycles. The smallest absolute Gasteiger partial charge is 0.182 e. The highest BCUT2D eigenvalue weighted by Gasteiger charge is 2.07. The normalized spacial score (nSPS) is 11.1. The summed E-state index contributed by atoms with van der Waals surface area (Å²) in [4.78, 5) is 3.02. The number of rotatable bonds is 3. The van der Waals surface area contributed by atoms with Crippen molar-refractivity contribution < 1.29 is 9.13 Å². The van der Waals surface area contributed by atoms with Gasteiger partial charge in [-0.2, -0.15) is 0 Å². The van der Waals surface area contributed by atoms with Gasteiger partial charge >= 0.3 is 0 Å². The number of nitrogens with one attached hydrogen (secondary N) is 1. The van der Waals surface area contributed by atoms with E-state index in [0.29, 0.717) is 16.9 Å². The molecule has 0 bridgehead atoms. The van der Waals surface area contributed by atoms with Gasteiger partial charge in [0.2, 0.25) is 0 Å². The van der Waals surface area contributed by atoms with Crippen molar-refractivity contribution >= 4 is 23.3 Å². The molecule has 2 aromatic carbocycles. The second-order valence-electron chi connectivity index (χ2n) is 4.53. The van der Waals surface area contributed by atoms with E-state index in [4.69, 9.17) is 17.0 Å². The molecule has 0 unspecified atom stereocenters. The van der Waals surface area contributed by atoms with E-state index in [-0.39, 0.29) is 5.82 Å². The standard InChI is InChI=1S/C15H13FN2OS/c1-19-9-10-3-2-4-12(7-10)18-14-6-5-11(16)8-13(14)17-15(18)20/h2-8H,9H2,1H3,(H,17,20). The van der Waals surface area contributed by atoms with Crippen LogP contribution in [0.3, 0.4) is 0 Å². The zero-order valence-corrected chi connectivity index (χ0v) is 11.7. The molecule has 0 fully saturated rings. The molecule has 3 aromatic rings. The molecule has 0 saturated heterocycles. The molecule has 0 radical (unpaired) electrons. The van der Waals surface area contributed by atoms with Crippen LogP contribution in [0, 0.1) is 10.6 Å². The summed E-state index contributed by atoms with van der Waals surface area (Å²) in [6.45, 7) is 0.540. The average Bonchev–Trinajstić information content (AvgIpc) is 2.74. The van der Waals surface area contributed by atoms with Gasteiger partial charge in [-0.1, -0.05) is 12.1 Å². The van der Waals surface area contributed by atoms with Crippen LogP contribution in [0.2, 0.25) is 0 Å². The Morgan fingerprint density at radius 1 is 1.25 bits per heavy atom. The fourth-order valence-electron chi connectivity index (χ4n) is 2.29. The number of aromatic nitrogens is 2. The van der Waals surface area contributed by atoms with E-state index in [9.17, 15) is 4.39 Å². The first-order valence-corrected chi connectivity index (χ1v) is 6.58. The fourth-order valence-corrected chi connectivity index (χ4v) is 2.61. The minimum absolute atomic E-state index is 0.283. The molecule has 20 heavy (non-hydrogen) atoms. The van der Waals surface area contributed by atoms with E-state index >= 15 is 0 Å². The zero-order chi connectivity index (χ0) is 14.1. The third-order valence-corrected chi connectivity index (χ3v) is 3.41. The van der Waals surface area contributed by atoms with Crippen molar-refractivity contribution in [3.8, 4) is 5.69 Å². The topological polar surface area (TPSA) is 29.9 Å². The Labute approximate surface area is 120 Å². The molecular formula is C15H13FN2OS.